The normalized spacial score (nSPS) is 20.7. The molecule has 3 amide bonds. The number of aryl methyl sites for hydroxylation is 1. The van der Waals surface area contributed by atoms with Gasteiger partial charge >= 0.3 is 0 Å². The molecule has 1 saturated heterocycles. The van der Waals surface area contributed by atoms with Crippen molar-refractivity contribution in [3.63, 3.8) is 0 Å². The molecule has 208 valence electrons. The summed E-state index contributed by atoms with van der Waals surface area (Å²) in [6.45, 7) is 7.26. The van der Waals surface area contributed by atoms with Gasteiger partial charge in [0.1, 0.15) is 17.5 Å². The third-order valence-electron chi connectivity index (χ3n) is 7.24. The van der Waals surface area contributed by atoms with Crippen LogP contribution in [-0.4, -0.2) is 57.4 Å². The predicted molar refractivity (Wildman–Crippen MR) is 149 cm³/mol. The summed E-state index contributed by atoms with van der Waals surface area (Å²) in [5.41, 5.74) is 2.16. The quantitative estimate of drug-likeness (QED) is 0.447. The maximum atomic E-state index is 13.7. The summed E-state index contributed by atoms with van der Waals surface area (Å²) in [7, 11) is 0. The second kappa shape index (κ2) is 11.0. The molecule has 1 aliphatic carbocycles. The number of halogens is 2. The SMILES string of the molecule is Cc1ncsc1-c1cc(Cl)c(CNC(=O)[C@@H]2C[C@@H](O)CN2C(=O)[C@@H](NC(=O)C2(C#N)CC2)C(C)(C)C)c(Cl)c1. The number of amides is 3. The lowest BCUT2D eigenvalue weighted by Crippen LogP contribution is -2.58. The monoisotopic (exact) mass is 591 g/mol. The van der Waals surface area contributed by atoms with E-state index in [1.165, 1.54) is 16.2 Å². The minimum atomic E-state index is -1.10. The van der Waals surface area contributed by atoms with Gasteiger partial charge in [0.05, 0.1) is 28.3 Å². The molecule has 0 bridgehead atoms. The van der Waals surface area contributed by atoms with Crippen molar-refractivity contribution in [2.45, 2.75) is 71.7 Å². The molecule has 39 heavy (non-hydrogen) atoms. The maximum absolute atomic E-state index is 13.7. The Morgan fingerprint density at radius 1 is 1.28 bits per heavy atom. The largest absolute Gasteiger partial charge is 0.391 e. The van der Waals surface area contributed by atoms with Crippen LogP contribution in [0.4, 0.5) is 0 Å². The van der Waals surface area contributed by atoms with E-state index in [9.17, 15) is 24.8 Å². The number of aromatic nitrogens is 1. The predicted octanol–water partition coefficient (Wildman–Crippen LogP) is 3.84. The second-order valence-electron chi connectivity index (χ2n) is 11.3. The van der Waals surface area contributed by atoms with Crippen LogP contribution in [0, 0.1) is 29.1 Å². The number of hydrogen-bond donors (Lipinski definition) is 3. The first kappa shape index (κ1) is 29.3. The van der Waals surface area contributed by atoms with Crippen molar-refractivity contribution in [3.05, 3.63) is 38.9 Å². The number of nitriles is 1. The van der Waals surface area contributed by atoms with E-state index < -0.39 is 46.7 Å². The molecule has 2 aromatic rings. The molecule has 1 aromatic carbocycles. The average molecular weight is 593 g/mol. The van der Waals surface area contributed by atoms with Crippen molar-refractivity contribution < 1.29 is 19.5 Å². The molecule has 0 unspecified atom stereocenters. The van der Waals surface area contributed by atoms with E-state index in [0.29, 0.717) is 28.5 Å². The Bertz CT molecular complexity index is 1320. The first-order chi connectivity index (χ1) is 18.3. The van der Waals surface area contributed by atoms with Crippen LogP contribution in [0.15, 0.2) is 17.6 Å². The van der Waals surface area contributed by atoms with E-state index in [-0.39, 0.29) is 19.5 Å². The standard InChI is InChI=1S/C27H31Cl2N5O4S/c1-14-21(39-13-32-14)15-7-18(28)17(19(29)8-15)10-31-23(36)20-9-16(35)11-34(20)24(37)22(26(2,3)4)33-25(38)27(12-30)5-6-27/h7-8,13,16,20,22,35H,5-6,9-11H2,1-4H3,(H,31,36)(H,33,38)/t16-,20+,22-/m1/s1. The number of nitrogens with one attached hydrogen (secondary N) is 2. The van der Waals surface area contributed by atoms with Crippen molar-refractivity contribution in [2.75, 3.05) is 6.54 Å². The third kappa shape index (κ3) is 6.07. The highest BCUT2D eigenvalue weighted by Gasteiger charge is 2.53. The van der Waals surface area contributed by atoms with E-state index in [2.05, 4.69) is 15.6 Å². The molecule has 3 N–H and O–H groups in total. The van der Waals surface area contributed by atoms with Crippen molar-refractivity contribution in [1.82, 2.24) is 20.5 Å². The van der Waals surface area contributed by atoms with Gasteiger partial charge in [-0.1, -0.05) is 44.0 Å². The molecule has 3 atom stereocenters. The number of benzene rings is 1. The average Bonchev–Trinajstić information content (AvgIpc) is 3.39. The summed E-state index contributed by atoms with van der Waals surface area (Å²) in [6, 6.07) is 3.66. The molecule has 4 rings (SSSR count). The number of carbonyl (C=O) groups excluding carboxylic acids is 3. The smallest absolute Gasteiger partial charge is 0.246 e. The van der Waals surface area contributed by atoms with Crippen LogP contribution in [0.3, 0.4) is 0 Å². The van der Waals surface area contributed by atoms with Gasteiger partial charge in [0.15, 0.2) is 0 Å². The lowest BCUT2D eigenvalue weighted by Gasteiger charge is -2.35. The van der Waals surface area contributed by atoms with Crippen molar-refractivity contribution in [2.24, 2.45) is 10.8 Å². The van der Waals surface area contributed by atoms with Crippen LogP contribution >= 0.6 is 34.5 Å². The minimum absolute atomic E-state index is 0.0250. The highest BCUT2D eigenvalue weighted by molar-refractivity contribution is 7.13. The topological polar surface area (TPSA) is 135 Å². The van der Waals surface area contributed by atoms with Crippen LogP contribution in [0.5, 0.6) is 0 Å². The molecular formula is C27H31Cl2N5O4S. The summed E-state index contributed by atoms with van der Waals surface area (Å²) >= 11 is 14.5. The molecule has 1 aliphatic heterocycles. The fourth-order valence-electron chi connectivity index (χ4n) is 4.68. The third-order valence-corrected chi connectivity index (χ3v) is 8.89. The van der Waals surface area contributed by atoms with Gasteiger partial charge in [0.2, 0.25) is 17.7 Å². The first-order valence-electron chi connectivity index (χ1n) is 12.6. The molecule has 1 saturated carbocycles. The highest BCUT2D eigenvalue weighted by Crippen LogP contribution is 2.45. The van der Waals surface area contributed by atoms with Crippen molar-refractivity contribution >= 4 is 52.3 Å². The van der Waals surface area contributed by atoms with E-state index >= 15 is 0 Å². The van der Waals surface area contributed by atoms with Crippen molar-refractivity contribution in [1.29, 1.82) is 5.26 Å². The molecule has 12 heteroatoms. The van der Waals surface area contributed by atoms with Crippen LogP contribution in [-0.2, 0) is 20.9 Å². The number of carbonyl (C=O) groups is 3. The zero-order valence-corrected chi connectivity index (χ0v) is 24.5. The van der Waals surface area contributed by atoms with Gasteiger partial charge < -0.3 is 20.6 Å². The lowest BCUT2D eigenvalue weighted by atomic mass is 9.85. The number of β-amino-alcohol motifs (C(OH)–C–C–N with tert-alkyl or cyclic N) is 1. The summed E-state index contributed by atoms with van der Waals surface area (Å²) < 4.78 is 0. The van der Waals surface area contributed by atoms with Crippen molar-refractivity contribution in [3.8, 4) is 16.5 Å². The molecule has 1 aromatic heterocycles. The number of aliphatic hydroxyl groups excluding tert-OH is 1. The van der Waals surface area contributed by atoms with E-state index in [0.717, 1.165) is 16.1 Å². The van der Waals surface area contributed by atoms with Gasteiger partial charge in [0.25, 0.3) is 0 Å². The number of thiazole rings is 1. The number of likely N-dealkylation sites (tertiary alicyclic amines) is 1. The number of aliphatic hydroxyl groups is 1. The van der Waals surface area contributed by atoms with Gasteiger partial charge in [-0.2, -0.15) is 5.26 Å². The Kier molecular flexibility index (Phi) is 8.29. The lowest BCUT2D eigenvalue weighted by molar-refractivity contribution is -0.144. The Hall–Kier alpha value is -2.71. The summed E-state index contributed by atoms with van der Waals surface area (Å²) in [4.78, 5) is 46.3. The Morgan fingerprint density at radius 2 is 1.92 bits per heavy atom. The highest BCUT2D eigenvalue weighted by atomic mass is 35.5. The fourth-order valence-corrected chi connectivity index (χ4v) is 6.09. The molecule has 0 spiro atoms. The Morgan fingerprint density at radius 3 is 2.44 bits per heavy atom. The number of nitrogens with zero attached hydrogens (tertiary/aromatic N) is 3. The van der Waals surface area contributed by atoms with Gasteiger partial charge in [0, 0.05) is 35.1 Å². The van der Waals surface area contributed by atoms with Gasteiger partial charge in [-0.25, -0.2) is 4.98 Å². The fraction of sp³-hybridized carbons (Fsp3) is 0.519. The van der Waals surface area contributed by atoms with E-state index in [1.807, 2.05) is 13.0 Å². The first-order valence-corrected chi connectivity index (χ1v) is 14.3. The molecule has 9 nitrogen and oxygen atoms in total. The van der Waals surface area contributed by atoms with Crippen LogP contribution in [0.25, 0.3) is 10.4 Å². The zero-order chi connectivity index (χ0) is 28.7. The van der Waals surface area contributed by atoms with Crippen LogP contribution in [0.1, 0.15) is 51.3 Å². The molecule has 2 fully saturated rings. The maximum Gasteiger partial charge on any atom is 0.246 e. The molecule has 0 radical (unpaired) electrons. The Balaban J connectivity index is 1.48. The second-order valence-corrected chi connectivity index (χ2v) is 12.9. The van der Waals surface area contributed by atoms with Crippen LogP contribution in [0.2, 0.25) is 10.0 Å². The van der Waals surface area contributed by atoms with Gasteiger partial charge in [-0.15, -0.1) is 11.3 Å². The van der Waals surface area contributed by atoms with Gasteiger partial charge in [-0.05, 0) is 42.9 Å². The summed E-state index contributed by atoms with van der Waals surface area (Å²) in [6.07, 6.45) is 0.0485. The minimum Gasteiger partial charge on any atom is -0.391 e. The van der Waals surface area contributed by atoms with Crippen LogP contribution < -0.4 is 10.6 Å². The summed E-state index contributed by atoms with van der Waals surface area (Å²) in [5.74, 6) is -1.44. The molecular weight excluding hydrogens is 561 g/mol. The van der Waals surface area contributed by atoms with E-state index in [1.54, 1.807) is 38.4 Å². The molecule has 2 aliphatic rings. The Labute approximate surface area is 241 Å². The number of hydrogen-bond acceptors (Lipinski definition) is 7. The number of rotatable bonds is 7. The molecule has 2 heterocycles. The van der Waals surface area contributed by atoms with Gasteiger partial charge in [-0.3, -0.25) is 14.4 Å². The van der Waals surface area contributed by atoms with E-state index in [4.69, 9.17) is 23.2 Å². The zero-order valence-electron chi connectivity index (χ0n) is 22.2. The summed E-state index contributed by atoms with van der Waals surface area (Å²) in [5, 5.41) is 26.1.